The highest BCUT2D eigenvalue weighted by molar-refractivity contribution is 5.96. The number of pyridine rings is 1. The van der Waals surface area contributed by atoms with Crippen LogP contribution in [0.2, 0.25) is 0 Å². The Morgan fingerprint density at radius 1 is 0.964 bits per heavy atom. The zero-order valence-corrected chi connectivity index (χ0v) is 14.9. The van der Waals surface area contributed by atoms with E-state index < -0.39 is 17.6 Å². The summed E-state index contributed by atoms with van der Waals surface area (Å²) in [7, 11) is 0. The molecule has 1 fully saturated rings. The first-order valence-electron chi connectivity index (χ1n) is 8.73. The second-order valence-electron chi connectivity index (χ2n) is 6.33. The van der Waals surface area contributed by atoms with Gasteiger partial charge in [0.05, 0.1) is 12.1 Å². The molecule has 28 heavy (non-hydrogen) atoms. The Kier molecular flexibility index (Phi) is 5.81. The van der Waals surface area contributed by atoms with Crippen LogP contribution < -0.4 is 10.2 Å². The lowest BCUT2D eigenvalue weighted by molar-refractivity contribution is -0.137. The zero-order chi connectivity index (χ0) is 20.1. The summed E-state index contributed by atoms with van der Waals surface area (Å²) < 4.78 is 37.7. The lowest BCUT2D eigenvalue weighted by Crippen LogP contribution is -2.51. The molecule has 0 aliphatic carbocycles. The van der Waals surface area contributed by atoms with Gasteiger partial charge in [0.1, 0.15) is 0 Å². The van der Waals surface area contributed by atoms with Crippen LogP contribution in [-0.4, -0.2) is 54.4 Å². The van der Waals surface area contributed by atoms with E-state index >= 15 is 0 Å². The highest BCUT2D eigenvalue weighted by Crippen LogP contribution is 2.29. The Balaban J connectivity index is 1.47. The molecular formula is C19H19F3N4O2. The van der Waals surface area contributed by atoms with Gasteiger partial charge in [0.15, 0.2) is 0 Å². The minimum absolute atomic E-state index is 0.0725. The van der Waals surface area contributed by atoms with Crippen molar-refractivity contribution in [2.45, 2.75) is 6.18 Å². The first kappa shape index (κ1) is 19.7. The molecule has 0 atom stereocenters. The standard InChI is InChI=1S/C19H19F3N4O2/c20-19(21,22)15-3-1-14(2-4-15)18(28)24-13-17(27)26-11-9-25(10-12-26)16-5-7-23-8-6-16/h1-8H,9-13H2,(H,24,28). The van der Waals surface area contributed by atoms with Crippen molar-refractivity contribution in [1.29, 1.82) is 0 Å². The molecule has 0 bridgehead atoms. The summed E-state index contributed by atoms with van der Waals surface area (Å²) in [5.74, 6) is -0.813. The van der Waals surface area contributed by atoms with Crippen LogP contribution in [0.5, 0.6) is 0 Å². The minimum Gasteiger partial charge on any atom is -0.368 e. The molecule has 0 saturated carbocycles. The molecule has 1 saturated heterocycles. The summed E-state index contributed by atoms with van der Waals surface area (Å²) in [5, 5.41) is 2.46. The smallest absolute Gasteiger partial charge is 0.368 e. The van der Waals surface area contributed by atoms with Crippen molar-refractivity contribution >= 4 is 17.5 Å². The molecule has 3 rings (SSSR count). The molecule has 2 aromatic rings. The molecule has 2 heterocycles. The van der Waals surface area contributed by atoms with Crippen LogP contribution in [0.4, 0.5) is 18.9 Å². The Morgan fingerprint density at radius 2 is 1.57 bits per heavy atom. The van der Waals surface area contributed by atoms with E-state index in [-0.39, 0.29) is 18.0 Å². The average molecular weight is 392 g/mol. The summed E-state index contributed by atoms with van der Waals surface area (Å²) in [6.45, 7) is 2.19. The largest absolute Gasteiger partial charge is 0.416 e. The fourth-order valence-corrected chi connectivity index (χ4v) is 2.95. The topological polar surface area (TPSA) is 65.5 Å². The van der Waals surface area contributed by atoms with Gasteiger partial charge < -0.3 is 15.1 Å². The molecule has 0 unspecified atom stereocenters. The third kappa shape index (κ3) is 4.79. The highest BCUT2D eigenvalue weighted by Gasteiger charge is 2.30. The number of carbonyl (C=O) groups excluding carboxylic acids is 2. The second-order valence-corrected chi connectivity index (χ2v) is 6.33. The number of anilines is 1. The molecule has 1 aromatic carbocycles. The number of carbonyl (C=O) groups is 2. The van der Waals surface area contributed by atoms with Crippen molar-refractivity contribution < 1.29 is 22.8 Å². The Morgan fingerprint density at radius 3 is 2.14 bits per heavy atom. The fourth-order valence-electron chi connectivity index (χ4n) is 2.95. The van der Waals surface area contributed by atoms with E-state index in [1.165, 1.54) is 0 Å². The highest BCUT2D eigenvalue weighted by atomic mass is 19.4. The number of aromatic nitrogens is 1. The van der Waals surface area contributed by atoms with Crippen LogP contribution in [0.1, 0.15) is 15.9 Å². The summed E-state index contributed by atoms with van der Waals surface area (Å²) in [5.41, 5.74) is 0.285. The number of rotatable bonds is 4. The third-order valence-electron chi connectivity index (χ3n) is 4.53. The third-order valence-corrected chi connectivity index (χ3v) is 4.53. The molecule has 2 amide bonds. The maximum Gasteiger partial charge on any atom is 0.416 e. The molecule has 1 N–H and O–H groups in total. The number of amides is 2. The predicted octanol–water partition coefficient (Wildman–Crippen LogP) is 2.18. The first-order chi connectivity index (χ1) is 13.3. The van der Waals surface area contributed by atoms with Crippen molar-refractivity contribution in [3.63, 3.8) is 0 Å². The molecule has 1 aromatic heterocycles. The molecule has 148 valence electrons. The van der Waals surface area contributed by atoms with Gasteiger partial charge in [-0.2, -0.15) is 13.2 Å². The second kappa shape index (κ2) is 8.28. The number of halogens is 3. The van der Waals surface area contributed by atoms with Gasteiger partial charge in [-0.15, -0.1) is 0 Å². The first-order valence-corrected chi connectivity index (χ1v) is 8.73. The van der Waals surface area contributed by atoms with Gasteiger partial charge in [-0.25, -0.2) is 0 Å². The lowest BCUT2D eigenvalue weighted by atomic mass is 10.1. The van der Waals surface area contributed by atoms with Crippen molar-refractivity contribution in [3.05, 3.63) is 59.9 Å². The number of hydrogen-bond donors (Lipinski definition) is 1. The average Bonchev–Trinajstić information content (AvgIpc) is 2.72. The van der Waals surface area contributed by atoms with Gasteiger partial charge in [0.25, 0.3) is 5.91 Å². The van der Waals surface area contributed by atoms with Crippen molar-refractivity contribution in [2.24, 2.45) is 0 Å². The zero-order valence-electron chi connectivity index (χ0n) is 14.9. The van der Waals surface area contributed by atoms with E-state index in [9.17, 15) is 22.8 Å². The van der Waals surface area contributed by atoms with Gasteiger partial charge in [0.2, 0.25) is 5.91 Å². The number of alkyl halides is 3. The van der Waals surface area contributed by atoms with E-state index in [0.29, 0.717) is 26.2 Å². The van der Waals surface area contributed by atoms with Crippen LogP contribution >= 0.6 is 0 Å². The molecule has 0 spiro atoms. The molecular weight excluding hydrogens is 373 g/mol. The van der Waals surface area contributed by atoms with E-state index in [0.717, 1.165) is 30.0 Å². The Hall–Kier alpha value is -3.10. The Bertz CT molecular complexity index is 817. The fraction of sp³-hybridized carbons (Fsp3) is 0.316. The van der Waals surface area contributed by atoms with Gasteiger partial charge >= 0.3 is 6.18 Å². The molecule has 1 aliphatic rings. The number of benzene rings is 1. The van der Waals surface area contributed by atoms with Crippen LogP contribution in [0.25, 0.3) is 0 Å². The van der Waals surface area contributed by atoms with E-state index in [2.05, 4.69) is 15.2 Å². The molecule has 0 radical (unpaired) electrons. The normalized spacial score (nSPS) is 14.7. The maximum absolute atomic E-state index is 12.6. The number of nitrogens with one attached hydrogen (secondary N) is 1. The van der Waals surface area contributed by atoms with Crippen molar-refractivity contribution in [2.75, 3.05) is 37.6 Å². The van der Waals surface area contributed by atoms with Gasteiger partial charge in [-0.05, 0) is 36.4 Å². The van der Waals surface area contributed by atoms with Gasteiger partial charge in [-0.3, -0.25) is 14.6 Å². The molecule has 1 aliphatic heterocycles. The van der Waals surface area contributed by atoms with Gasteiger partial charge in [0, 0.05) is 49.8 Å². The lowest BCUT2D eigenvalue weighted by Gasteiger charge is -2.36. The molecule has 9 heteroatoms. The van der Waals surface area contributed by atoms with Gasteiger partial charge in [-0.1, -0.05) is 0 Å². The summed E-state index contributed by atoms with van der Waals surface area (Å²) in [4.78, 5) is 32.1. The monoisotopic (exact) mass is 392 g/mol. The van der Waals surface area contributed by atoms with Crippen LogP contribution in [0, 0.1) is 0 Å². The van der Waals surface area contributed by atoms with E-state index in [1.807, 2.05) is 12.1 Å². The Labute approximate surface area is 160 Å². The number of hydrogen-bond acceptors (Lipinski definition) is 4. The summed E-state index contributed by atoms with van der Waals surface area (Å²) >= 11 is 0. The van der Waals surface area contributed by atoms with E-state index in [1.54, 1.807) is 17.3 Å². The number of nitrogens with zero attached hydrogens (tertiary/aromatic N) is 3. The van der Waals surface area contributed by atoms with Crippen LogP contribution in [-0.2, 0) is 11.0 Å². The maximum atomic E-state index is 12.6. The predicted molar refractivity (Wildman–Crippen MR) is 96.8 cm³/mol. The van der Waals surface area contributed by atoms with E-state index in [4.69, 9.17) is 0 Å². The quantitative estimate of drug-likeness (QED) is 0.866. The van der Waals surface area contributed by atoms with Crippen molar-refractivity contribution in [3.8, 4) is 0 Å². The SMILES string of the molecule is O=C(NCC(=O)N1CCN(c2ccncc2)CC1)c1ccc(C(F)(F)F)cc1. The van der Waals surface area contributed by atoms with Crippen LogP contribution in [0.15, 0.2) is 48.8 Å². The van der Waals surface area contributed by atoms with Crippen LogP contribution in [0.3, 0.4) is 0 Å². The number of piperazine rings is 1. The van der Waals surface area contributed by atoms with Crippen molar-refractivity contribution in [1.82, 2.24) is 15.2 Å². The minimum atomic E-state index is -4.45. The summed E-state index contributed by atoms with van der Waals surface area (Å²) in [6.07, 6.45) is -1.03. The molecule has 6 nitrogen and oxygen atoms in total. The summed E-state index contributed by atoms with van der Waals surface area (Å²) in [6, 6.07) is 7.68.